The Bertz CT molecular complexity index is 591. The number of fused-ring (bicyclic) bond motifs is 1. The van der Waals surface area contributed by atoms with Gasteiger partial charge in [-0.15, -0.1) is 0 Å². The normalized spacial score (nSPS) is 35.8. The summed E-state index contributed by atoms with van der Waals surface area (Å²) < 4.78 is 4.70. The number of carboxylic acid groups (broad SMARTS) is 1. The molecule has 25 heavy (non-hydrogen) atoms. The molecule has 0 aromatic carbocycles. The second-order valence-corrected chi connectivity index (χ2v) is 8.44. The maximum Gasteiger partial charge on any atom is 0.330 e. The zero-order valence-corrected chi connectivity index (χ0v) is 16.1. The molecule has 4 nitrogen and oxygen atoms in total. The van der Waals surface area contributed by atoms with E-state index in [0.29, 0.717) is 5.92 Å². The van der Waals surface area contributed by atoms with E-state index < -0.39 is 11.4 Å². The largest absolute Gasteiger partial charge is 0.481 e. The molecule has 0 spiro atoms. The Kier molecular flexibility index (Phi) is 5.80. The Balaban J connectivity index is 2.22. The number of rotatable bonds is 5. The number of allylic oxidation sites excluding steroid dienone is 2. The SMILES string of the molecule is C=C1CCC2[C@](C)(C(=O)O)CCC[C@@]2(C)[C@@H]1CC/C(C)=C/C(=O)OC. The van der Waals surface area contributed by atoms with Crippen molar-refractivity contribution in [3.8, 4) is 0 Å². The number of esters is 1. The summed E-state index contributed by atoms with van der Waals surface area (Å²) in [5.41, 5.74) is 1.59. The van der Waals surface area contributed by atoms with Crippen molar-refractivity contribution in [2.24, 2.45) is 22.7 Å². The van der Waals surface area contributed by atoms with Gasteiger partial charge in [0.25, 0.3) is 0 Å². The number of hydrogen-bond donors (Lipinski definition) is 1. The smallest absolute Gasteiger partial charge is 0.330 e. The minimum absolute atomic E-state index is 0.0216. The summed E-state index contributed by atoms with van der Waals surface area (Å²) in [6.45, 7) is 10.5. The molecule has 0 amide bonds. The van der Waals surface area contributed by atoms with Crippen LogP contribution in [0.4, 0.5) is 0 Å². The molecule has 140 valence electrons. The summed E-state index contributed by atoms with van der Waals surface area (Å²) in [7, 11) is 1.38. The molecular formula is C21H32O4. The lowest BCUT2D eigenvalue weighted by atomic mass is 9.46. The lowest BCUT2D eigenvalue weighted by molar-refractivity contribution is -0.164. The van der Waals surface area contributed by atoms with Crippen LogP contribution in [-0.4, -0.2) is 24.2 Å². The van der Waals surface area contributed by atoms with E-state index >= 15 is 0 Å². The van der Waals surface area contributed by atoms with E-state index in [1.54, 1.807) is 6.08 Å². The molecule has 4 atom stereocenters. The van der Waals surface area contributed by atoms with Gasteiger partial charge in [-0.05, 0) is 69.6 Å². The lowest BCUT2D eigenvalue weighted by Crippen LogP contribution is -2.53. The Morgan fingerprint density at radius 1 is 1.36 bits per heavy atom. The summed E-state index contributed by atoms with van der Waals surface area (Å²) in [6.07, 6.45) is 7.89. The quantitative estimate of drug-likeness (QED) is 0.442. The van der Waals surface area contributed by atoms with Gasteiger partial charge >= 0.3 is 11.9 Å². The van der Waals surface area contributed by atoms with Crippen LogP contribution in [-0.2, 0) is 14.3 Å². The predicted molar refractivity (Wildman–Crippen MR) is 98.1 cm³/mol. The minimum atomic E-state index is -0.656. The molecular weight excluding hydrogens is 316 g/mol. The summed E-state index contributed by atoms with van der Waals surface area (Å²) in [4.78, 5) is 23.4. The van der Waals surface area contributed by atoms with Gasteiger partial charge in [0.1, 0.15) is 0 Å². The average molecular weight is 348 g/mol. The Labute approximate surface area is 151 Å². The van der Waals surface area contributed by atoms with Gasteiger partial charge in [-0.1, -0.05) is 31.1 Å². The molecule has 2 aliphatic rings. The average Bonchev–Trinajstić information content (AvgIpc) is 2.53. The van der Waals surface area contributed by atoms with Crippen molar-refractivity contribution < 1.29 is 19.4 Å². The lowest BCUT2D eigenvalue weighted by Gasteiger charge is -2.57. The number of methoxy groups -OCH3 is 1. The van der Waals surface area contributed by atoms with Crippen LogP contribution >= 0.6 is 0 Å². The fraction of sp³-hybridized carbons (Fsp3) is 0.714. The van der Waals surface area contributed by atoms with Gasteiger partial charge in [-0.3, -0.25) is 4.79 Å². The molecule has 0 heterocycles. The van der Waals surface area contributed by atoms with E-state index in [1.165, 1.54) is 12.7 Å². The number of aliphatic carboxylic acids is 1. The standard InChI is InChI=1S/C21H32O4/c1-14(13-18(22)25-5)7-9-16-15(2)8-10-17-20(16,3)11-6-12-21(17,4)19(23)24/h13,16-17H,2,6-12H2,1,3-5H3,(H,23,24)/b14-13+/t16-,17?,20+,21-/m1/s1. The summed E-state index contributed by atoms with van der Waals surface area (Å²) in [6, 6.07) is 0. The van der Waals surface area contributed by atoms with Crippen molar-refractivity contribution in [3.05, 3.63) is 23.8 Å². The maximum atomic E-state index is 12.0. The predicted octanol–water partition coefficient (Wildman–Crippen LogP) is 4.75. The zero-order valence-electron chi connectivity index (χ0n) is 16.1. The van der Waals surface area contributed by atoms with Gasteiger partial charge in [0.2, 0.25) is 0 Å². The second-order valence-electron chi connectivity index (χ2n) is 8.44. The van der Waals surface area contributed by atoms with Crippen LogP contribution in [0.15, 0.2) is 23.8 Å². The second kappa shape index (κ2) is 7.35. The van der Waals surface area contributed by atoms with Gasteiger partial charge in [-0.25, -0.2) is 4.79 Å². The van der Waals surface area contributed by atoms with Crippen LogP contribution < -0.4 is 0 Å². The van der Waals surface area contributed by atoms with E-state index in [0.717, 1.165) is 50.5 Å². The summed E-state index contributed by atoms with van der Waals surface area (Å²) in [5, 5.41) is 9.86. The van der Waals surface area contributed by atoms with Gasteiger partial charge in [0.15, 0.2) is 0 Å². The van der Waals surface area contributed by atoms with Gasteiger partial charge in [0.05, 0.1) is 12.5 Å². The molecule has 2 rings (SSSR count). The highest BCUT2D eigenvalue weighted by atomic mass is 16.5. The number of carboxylic acids is 1. The molecule has 0 bridgehead atoms. The minimum Gasteiger partial charge on any atom is -0.481 e. The molecule has 0 aromatic heterocycles. The van der Waals surface area contributed by atoms with Crippen molar-refractivity contribution in [1.82, 2.24) is 0 Å². The first-order chi connectivity index (χ1) is 11.6. The van der Waals surface area contributed by atoms with Crippen LogP contribution in [0, 0.1) is 22.7 Å². The van der Waals surface area contributed by atoms with E-state index in [-0.39, 0.29) is 17.3 Å². The maximum absolute atomic E-state index is 12.0. The first kappa shape index (κ1) is 19.7. The fourth-order valence-electron chi connectivity index (χ4n) is 5.44. The summed E-state index contributed by atoms with van der Waals surface area (Å²) >= 11 is 0. The molecule has 0 aliphatic heterocycles. The monoisotopic (exact) mass is 348 g/mol. The number of carbonyl (C=O) groups is 2. The molecule has 1 N–H and O–H groups in total. The Morgan fingerprint density at radius 2 is 2.04 bits per heavy atom. The fourth-order valence-corrected chi connectivity index (χ4v) is 5.44. The molecule has 2 saturated carbocycles. The van der Waals surface area contributed by atoms with Crippen molar-refractivity contribution >= 4 is 11.9 Å². The van der Waals surface area contributed by atoms with E-state index in [4.69, 9.17) is 4.74 Å². The van der Waals surface area contributed by atoms with Crippen molar-refractivity contribution in [1.29, 1.82) is 0 Å². The van der Waals surface area contributed by atoms with Gasteiger partial charge < -0.3 is 9.84 Å². The number of hydrogen-bond acceptors (Lipinski definition) is 3. The van der Waals surface area contributed by atoms with Crippen LogP contribution in [0.2, 0.25) is 0 Å². The molecule has 1 unspecified atom stereocenters. The third-order valence-electron chi connectivity index (χ3n) is 6.90. The van der Waals surface area contributed by atoms with E-state index in [9.17, 15) is 14.7 Å². The third kappa shape index (κ3) is 3.68. The third-order valence-corrected chi connectivity index (χ3v) is 6.90. The van der Waals surface area contributed by atoms with Crippen LogP contribution in [0.25, 0.3) is 0 Å². The summed E-state index contributed by atoms with van der Waals surface area (Å²) in [5.74, 6) is -0.477. The topological polar surface area (TPSA) is 63.6 Å². The van der Waals surface area contributed by atoms with Crippen molar-refractivity contribution in [2.45, 2.75) is 65.7 Å². The van der Waals surface area contributed by atoms with Crippen molar-refractivity contribution in [3.63, 3.8) is 0 Å². The number of ether oxygens (including phenoxy) is 1. The first-order valence-corrected chi connectivity index (χ1v) is 9.31. The van der Waals surface area contributed by atoms with Crippen LogP contribution in [0.5, 0.6) is 0 Å². The molecule has 2 fully saturated rings. The van der Waals surface area contributed by atoms with Gasteiger partial charge in [0, 0.05) is 6.08 Å². The molecule has 4 heteroatoms. The molecule has 2 aliphatic carbocycles. The number of carbonyl (C=O) groups excluding carboxylic acids is 1. The first-order valence-electron chi connectivity index (χ1n) is 9.31. The molecule has 0 saturated heterocycles. The van der Waals surface area contributed by atoms with E-state index in [2.05, 4.69) is 13.5 Å². The van der Waals surface area contributed by atoms with E-state index in [1.807, 2.05) is 13.8 Å². The van der Waals surface area contributed by atoms with Crippen molar-refractivity contribution in [2.75, 3.05) is 7.11 Å². The zero-order chi connectivity index (χ0) is 18.8. The Hall–Kier alpha value is -1.58. The highest BCUT2D eigenvalue weighted by Crippen LogP contribution is 2.62. The van der Waals surface area contributed by atoms with Crippen LogP contribution in [0.3, 0.4) is 0 Å². The highest BCUT2D eigenvalue weighted by Gasteiger charge is 2.57. The van der Waals surface area contributed by atoms with Crippen LogP contribution in [0.1, 0.15) is 65.7 Å². The molecule has 0 aromatic rings. The molecule has 0 radical (unpaired) electrons. The van der Waals surface area contributed by atoms with Gasteiger partial charge in [-0.2, -0.15) is 0 Å². The Morgan fingerprint density at radius 3 is 2.64 bits per heavy atom. The highest BCUT2D eigenvalue weighted by molar-refractivity contribution is 5.82.